The molecule has 2 N–H and O–H groups in total. The Morgan fingerprint density at radius 1 is 1.43 bits per heavy atom. The van der Waals surface area contributed by atoms with Crippen molar-refractivity contribution in [2.24, 2.45) is 11.8 Å². The number of nitrogens with one attached hydrogen (secondary N) is 2. The maximum absolute atomic E-state index is 14.0. The minimum Gasteiger partial charge on any atom is -0.487 e. The van der Waals surface area contributed by atoms with E-state index in [1.165, 1.54) is 6.07 Å². The fraction of sp³-hybridized carbons (Fsp3) is 0.562. The molecule has 1 aromatic rings. The summed E-state index contributed by atoms with van der Waals surface area (Å²) >= 11 is 0. The summed E-state index contributed by atoms with van der Waals surface area (Å²) in [4.78, 5) is 12.1. The highest BCUT2D eigenvalue weighted by Gasteiger charge is 2.28. The molecule has 0 aromatic heterocycles. The fourth-order valence-corrected chi connectivity index (χ4v) is 2.48. The van der Waals surface area contributed by atoms with Gasteiger partial charge in [0.25, 0.3) is 0 Å². The van der Waals surface area contributed by atoms with Crippen molar-refractivity contribution in [2.75, 3.05) is 18.4 Å². The lowest BCUT2D eigenvalue weighted by atomic mass is 9.88. The van der Waals surface area contributed by atoms with Crippen LogP contribution in [0.3, 0.4) is 0 Å². The Labute approximate surface area is 124 Å². The summed E-state index contributed by atoms with van der Waals surface area (Å²) in [5.41, 5.74) is 0.484. The molecule has 2 aliphatic rings. The number of carbonyl (C=O) groups is 1. The minimum absolute atomic E-state index is 0.0615. The summed E-state index contributed by atoms with van der Waals surface area (Å²) in [5, 5.41) is 5.93. The van der Waals surface area contributed by atoms with Gasteiger partial charge in [0.05, 0.1) is 6.10 Å². The first-order valence-electron chi connectivity index (χ1n) is 7.61. The number of ether oxygens (including phenoxy) is 1. The monoisotopic (exact) mass is 292 g/mol. The van der Waals surface area contributed by atoms with Crippen molar-refractivity contribution in [1.82, 2.24) is 5.32 Å². The van der Waals surface area contributed by atoms with Gasteiger partial charge < -0.3 is 15.4 Å². The van der Waals surface area contributed by atoms with Crippen LogP contribution in [0.5, 0.6) is 5.75 Å². The second-order valence-electron chi connectivity index (χ2n) is 6.01. The fourth-order valence-electron chi connectivity index (χ4n) is 2.48. The number of amides is 1. The summed E-state index contributed by atoms with van der Waals surface area (Å²) in [6.45, 7) is 3.65. The summed E-state index contributed by atoms with van der Waals surface area (Å²) in [7, 11) is 0. The minimum atomic E-state index is -0.419. The molecule has 1 unspecified atom stereocenters. The second-order valence-corrected chi connectivity index (χ2v) is 6.01. The number of hydrogen-bond acceptors (Lipinski definition) is 3. The molecule has 1 amide bonds. The number of hydrogen-bond donors (Lipinski definition) is 2. The van der Waals surface area contributed by atoms with Gasteiger partial charge in [-0.15, -0.1) is 0 Å². The number of halogens is 1. The first-order chi connectivity index (χ1) is 10.1. The largest absolute Gasteiger partial charge is 0.487 e. The van der Waals surface area contributed by atoms with Gasteiger partial charge in [-0.2, -0.15) is 0 Å². The SMILES string of the molecule is CC(C(=O)Nc1ccc(OC2CCC2)c(F)c1)C1CNC1. The Morgan fingerprint density at radius 3 is 2.71 bits per heavy atom. The van der Waals surface area contributed by atoms with Gasteiger partial charge in [0, 0.05) is 17.7 Å². The van der Waals surface area contributed by atoms with E-state index in [9.17, 15) is 9.18 Å². The predicted molar refractivity (Wildman–Crippen MR) is 78.8 cm³/mol. The normalized spacial score (nSPS) is 20.3. The Kier molecular flexibility index (Phi) is 4.10. The molecule has 21 heavy (non-hydrogen) atoms. The highest BCUT2D eigenvalue weighted by atomic mass is 19.1. The van der Waals surface area contributed by atoms with Crippen LogP contribution in [0.2, 0.25) is 0 Å². The summed E-state index contributed by atoms with van der Waals surface area (Å²) < 4.78 is 19.5. The van der Waals surface area contributed by atoms with Gasteiger partial charge in [-0.3, -0.25) is 4.79 Å². The molecule has 1 saturated heterocycles. The number of anilines is 1. The van der Waals surface area contributed by atoms with E-state index in [0.717, 1.165) is 32.4 Å². The Bertz CT molecular complexity index is 527. The van der Waals surface area contributed by atoms with E-state index < -0.39 is 5.82 Å². The van der Waals surface area contributed by atoms with Gasteiger partial charge in [0.1, 0.15) is 0 Å². The lowest BCUT2D eigenvalue weighted by Gasteiger charge is -2.31. The van der Waals surface area contributed by atoms with Crippen molar-refractivity contribution >= 4 is 11.6 Å². The molecule has 1 aromatic carbocycles. The van der Waals surface area contributed by atoms with Crippen LogP contribution in [-0.2, 0) is 4.79 Å². The van der Waals surface area contributed by atoms with Crippen LogP contribution in [0.15, 0.2) is 18.2 Å². The molecule has 0 bridgehead atoms. The Hall–Kier alpha value is -1.62. The molecule has 0 spiro atoms. The molecular weight excluding hydrogens is 271 g/mol. The van der Waals surface area contributed by atoms with Gasteiger partial charge >= 0.3 is 0 Å². The van der Waals surface area contributed by atoms with Crippen LogP contribution in [0.25, 0.3) is 0 Å². The van der Waals surface area contributed by atoms with Crippen LogP contribution in [-0.4, -0.2) is 25.1 Å². The average molecular weight is 292 g/mol. The summed E-state index contributed by atoms with van der Waals surface area (Å²) in [6.07, 6.45) is 3.27. The van der Waals surface area contributed by atoms with Gasteiger partial charge in [-0.05, 0) is 50.4 Å². The van der Waals surface area contributed by atoms with E-state index in [1.807, 2.05) is 6.92 Å². The van der Waals surface area contributed by atoms with Gasteiger partial charge in [-0.1, -0.05) is 6.92 Å². The van der Waals surface area contributed by atoms with Crippen molar-refractivity contribution in [1.29, 1.82) is 0 Å². The zero-order chi connectivity index (χ0) is 14.8. The van der Waals surface area contributed by atoms with Crippen LogP contribution in [0.4, 0.5) is 10.1 Å². The third-order valence-electron chi connectivity index (χ3n) is 4.48. The molecule has 5 heteroatoms. The smallest absolute Gasteiger partial charge is 0.227 e. The van der Waals surface area contributed by atoms with Crippen LogP contribution in [0.1, 0.15) is 26.2 Å². The second kappa shape index (κ2) is 6.02. The molecule has 1 saturated carbocycles. The van der Waals surface area contributed by atoms with E-state index >= 15 is 0 Å². The number of benzene rings is 1. The molecule has 1 heterocycles. The van der Waals surface area contributed by atoms with E-state index in [1.54, 1.807) is 12.1 Å². The molecule has 114 valence electrons. The predicted octanol–water partition coefficient (Wildman–Crippen LogP) is 2.55. The quantitative estimate of drug-likeness (QED) is 0.877. The molecule has 1 aliphatic carbocycles. The lowest BCUT2D eigenvalue weighted by Crippen LogP contribution is -2.48. The van der Waals surface area contributed by atoms with Gasteiger partial charge in [0.2, 0.25) is 5.91 Å². The zero-order valence-corrected chi connectivity index (χ0v) is 12.2. The highest BCUT2D eigenvalue weighted by Crippen LogP contribution is 2.28. The highest BCUT2D eigenvalue weighted by molar-refractivity contribution is 5.92. The average Bonchev–Trinajstić information content (AvgIpc) is 2.33. The zero-order valence-electron chi connectivity index (χ0n) is 12.2. The third-order valence-corrected chi connectivity index (χ3v) is 4.48. The molecule has 0 radical (unpaired) electrons. The van der Waals surface area contributed by atoms with E-state index in [0.29, 0.717) is 11.6 Å². The number of rotatable bonds is 5. The molecule has 2 fully saturated rings. The summed E-state index contributed by atoms with van der Waals surface area (Å²) in [6, 6.07) is 4.62. The maximum atomic E-state index is 14.0. The van der Waals surface area contributed by atoms with Crippen LogP contribution >= 0.6 is 0 Å². The molecule has 4 nitrogen and oxygen atoms in total. The van der Waals surface area contributed by atoms with E-state index in [-0.39, 0.29) is 23.7 Å². The topological polar surface area (TPSA) is 50.4 Å². The third kappa shape index (κ3) is 3.18. The van der Waals surface area contributed by atoms with Gasteiger partial charge in [-0.25, -0.2) is 4.39 Å². The van der Waals surface area contributed by atoms with Crippen LogP contribution in [0, 0.1) is 17.7 Å². The Morgan fingerprint density at radius 2 is 2.19 bits per heavy atom. The molecular formula is C16H21FN2O2. The standard InChI is InChI=1S/C16H21FN2O2/c1-10(11-8-18-9-11)16(20)19-12-5-6-15(14(17)7-12)21-13-3-2-4-13/h5-7,10-11,13,18H,2-4,8-9H2,1H3,(H,19,20). The number of carbonyl (C=O) groups excluding carboxylic acids is 1. The van der Waals surface area contributed by atoms with E-state index in [4.69, 9.17) is 4.74 Å². The first kappa shape index (κ1) is 14.3. The van der Waals surface area contributed by atoms with Gasteiger partial charge in [0.15, 0.2) is 11.6 Å². The lowest BCUT2D eigenvalue weighted by molar-refractivity contribution is -0.121. The van der Waals surface area contributed by atoms with Crippen LogP contribution < -0.4 is 15.4 Å². The molecule has 1 atom stereocenters. The first-order valence-corrected chi connectivity index (χ1v) is 7.61. The van der Waals surface area contributed by atoms with Crippen molar-refractivity contribution in [2.45, 2.75) is 32.3 Å². The van der Waals surface area contributed by atoms with Crippen molar-refractivity contribution in [3.8, 4) is 5.75 Å². The van der Waals surface area contributed by atoms with Crippen molar-refractivity contribution in [3.63, 3.8) is 0 Å². The summed E-state index contributed by atoms with van der Waals surface area (Å²) in [5.74, 6) is 0.0939. The van der Waals surface area contributed by atoms with Crippen molar-refractivity contribution in [3.05, 3.63) is 24.0 Å². The molecule has 3 rings (SSSR count). The van der Waals surface area contributed by atoms with E-state index in [2.05, 4.69) is 10.6 Å². The maximum Gasteiger partial charge on any atom is 0.227 e. The van der Waals surface area contributed by atoms with Crippen molar-refractivity contribution < 1.29 is 13.9 Å². The molecule has 1 aliphatic heterocycles. The Balaban J connectivity index is 1.59.